The number of amides is 2. The van der Waals surface area contributed by atoms with Crippen molar-refractivity contribution in [3.8, 4) is 10.6 Å². The molecule has 0 fully saturated rings. The van der Waals surface area contributed by atoms with Crippen molar-refractivity contribution in [2.45, 2.75) is 20.3 Å². The van der Waals surface area contributed by atoms with Gasteiger partial charge in [0.1, 0.15) is 9.88 Å². The van der Waals surface area contributed by atoms with Crippen molar-refractivity contribution >= 4 is 44.8 Å². The number of thiazole rings is 1. The molecule has 1 heterocycles. The van der Waals surface area contributed by atoms with E-state index in [1.165, 1.54) is 21.8 Å². The van der Waals surface area contributed by atoms with Crippen LogP contribution in [0.3, 0.4) is 0 Å². The number of aromatic nitrogens is 1. The van der Waals surface area contributed by atoms with E-state index in [0.29, 0.717) is 16.3 Å². The molecule has 2 aromatic carbocycles. The van der Waals surface area contributed by atoms with Gasteiger partial charge < -0.3 is 10.2 Å². The number of rotatable bonds is 6. The van der Waals surface area contributed by atoms with E-state index in [1.54, 1.807) is 13.1 Å². The maximum Gasteiger partial charge on any atom is 0.266 e. The largest absolute Gasteiger partial charge is 0.332 e. The number of aryl methyl sites for hydroxylation is 2. The lowest BCUT2D eigenvalue weighted by Gasteiger charge is -2.16. The van der Waals surface area contributed by atoms with E-state index < -0.39 is 0 Å². The molecule has 0 aliphatic rings. The third kappa shape index (κ3) is 5.10. The van der Waals surface area contributed by atoms with Crippen LogP contribution in [0.5, 0.6) is 0 Å². The molecule has 150 valence electrons. The Morgan fingerprint density at radius 1 is 1.14 bits per heavy atom. The van der Waals surface area contributed by atoms with Gasteiger partial charge in [0, 0.05) is 17.1 Å². The fraction of sp³-hybridized carbons (Fsp3) is 0.227. The van der Waals surface area contributed by atoms with E-state index in [0.717, 1.165) is 21.5 Å². The Bertz CT molecular complexity index is 1030. The summed E-state index contributed by atoms with van der Waals surface area (Å²) < 4.78 is 0.791. The summed E-state index contributed by atoms with van der Waals surface area (Å²) in [5, 5.41) is 3.62. The van der Waals surface area contributed by atoms with E-state index >= 15 is 0 Å². The van der Waals surface area contributed by atoms with Crippen LogP contribution in [0.2, 0.25) is 0 Å². The van der Waals surface area contributed by atoms with Gasteiger partial charge in [-0.05, 0) is 47.0 Å². The minimum absolute atomic E-state index is 0.0436. The molecule has 0 saturated heterocycles. The summed E-state index contributed by atoms with van der Waals surface area (Å²) in [7, 11) is 1.62. The van der Waals surface area contributed by atoms with Gasteiger partial charge in [0.15, 0.2) is 0 Å². The Labute approximate surface area is 182 Å². The summed E-state index contributed by atoms with van der Waals surface area (Å²) in [6.07, 6.45) is 0.979. The molecule has 0 spiro atoms. The molecular weight excluding hydrogens is 450 g/mol. The molecule has 2 amide bonds. The lowest BCUT2D eigenvalue weighted by Crippen LogP contribution is -2.34. The second kappa shape index (κ2) is 9.33. The quantitative estimate of drug-likeness (QED) is 0.540. The van der Waals surface area contributed by atoms with Crippen LogP contribution >= 0.6 is 27.3 Å². The number of carbonyl (C=O) groups excluding carboxylic acids is 2. The number of carbonyl (C=O) groups is 2. The van der Waals surface area contributed by atoms with Gasteiger partial charge in [-0.25, -0.2) is 4.98 Å². The number of nitrogens with one attached hydrogen (secondary N) is 1. The molecular formula is C22H22BrN3O2S. The highest BCUT2D eigenvalue weighted by Gasteiger charge is 2.21. The van der Waals surface area contributed by atoms with Gasteiger partial charge in [-0.15, -0.1) is 11.3 Å². The zero-order valence-electron chi connectivity index (χ0n) is 16.5. The summed E-state index contributed by atoms with van der Waals surface area (Å²) >= 11 is 4.75. The van der Waals surface area contributed by atoms with E-state index in [9.17, 15) is 9.59 Å². The average Bonchev–Trinajstić information content (AvgIpc) is 3.10. The lowest BCUT2D eigenvalue weighted by molar-refractivity contribution is -0.116. The summed E-state index contributed by atoms with van der Waals surface area (Å²) in [6, 6.07) is 15.6. The summed E-state index contributed by atoms with van der Waals surface area (Å²) in [6.45, 7) is 3.89. The van der Waals surface area contributed by atoms with Crippen LogP contribution in [0.15, 0.2) is 53.0 Å². The van der Waals surface area contributed by atoms with Gasteiger partial charge in [0.25, 0.3) is 5.91 Å². The van der Waals surface area contributed by atoms with Gasteiger partial charge in [-0.1, -0.05) is 43.3 Å². The highest BCUT2D eigenvalue weighted by Crippen LogP contribution is 2.29. The van der Waals surface area contributed by atoms with Gasteiger partial charge >= 0.3 is 0 Å². The minimum Gasteiger partial charge on any atom is -0.332 e. The van der Waals surface area contributed by atoms with E-state index in [4.69, 9.17) is 0 Å². The molecule has 0 saturated carbocycles. The van der Waals surface area contributed by atoms with Gasteiger partial charge in [-0.3, -0.25) is 9.59 Å². The highest BCUT2D eigenvalue weighted by atomic mass is 79.9. The smallest absolute Gasteiger partial charge is 0.266 e. The maximum atomic E-state index is 12.9. The molecule has 7 heteroatoms. The average molecular weight is 472 g/mol. The topological polar surface area (TPSA) is 62.3 Å². The van der Waals surface area contributed by atoms with Crippen molar-refractivity contribution in [1.29, 1.82) is 0 Å². The third-order valence-electron chi connectivity index (χ3n) is 4.48. The Morgan fingerprint density at radius 3 is 2.48 bits per heavy atom. The first-order valence-corrected chi connectivity index (χ1v) is 10.9. The van der Waals surface area contributed by atoms with Crippen molar-refractivity contribution in [3.63, 3.8) is 0 Å². The predicted molar refractivity (Wildman–Crippen MR) is 121 cm³/mol. The summed E-state index contributed by atoms with van der Waals surface area (Å²) in [5.41, 5.74) is 3.59. The van der Waals surface area contributed by atoms with Crippen LogP contribution in [-0.4, -0.2) is 35.3 Å². The second-order valence-corrected chi connectivity index (χ2v) is 8.53. The van der Waals surface area contributed by atoms with Gasteiger partial charge in [0.2, 0.25) is 5.91 Å². The van der Waals surface area contributed by atoms with Crippen molar-refractivity contribution < 1.29 is 9.59 Å². The Hall–Kier alpha value is -2.51. The van der Waals surface area contributed by atoms with Crippen LogP contribution in [0, 0.1) is 6.92 Å². The first kappa shape index (κ1) is 21.2. The third-order valence-corrected chi connectivity index (χ3v) is 6.36. The van der Waals surface area contributed by atoms with E-state index in [1.807, 2.05) is 37.3 Å². The van der Waals surface area contributed by atoms with E-state index in [-0.39, 0.29) is 18.4 Å². The second-order valence-electron chi connectivity index (χ2n) is 6.67. The SMILES string of the molecule is CCc1ccc(-c2nc(C)c(C(=O)N(C)CC(=O)Nc3ccccc3Br)s2)cc1. The van der Waals surface area contributed by atoms with Crippen LogP contribution in [0.25, 0.3) is 10.6 Å². The minimum atomic E-state index is -0.259. The van der Waals surface area contributed by atoms with Crippen molar-refractivity contribution in [2.75, 3.05) is 18.9 Å². The number of para-hydroxylation sites is 1. The Morgan fingerprint density at radius 2 is 1.83 bits per heavy atom. The first-order valence-electron chi connectivity index (χ1n) is 9.25. The molecule has 1 aromatic heterocycles. The van der Waals surface area contributed by atoms with Crippen molar-refractivity contribution in [2.24, 2.45) is 0 Å². The highest BCUT2D eigenvalue weighted by molar-refractivity contribution is 9.10. The molecule has 5 nitrogen and oxygen atoms in total. The molecule has 0 aliphatic heterocycles. The molecule has 3 aromatic rings. The summed E-state index contributed by atoms with van der Waals surface area (Å²) in [4.78, 5) is 31.7. The molecule has 1 N–H and O–H groups in total. The number of hydrogen-bond donors (Lipinski definition) is 1. The molecule has 29 heavy (non-hydrogen) atoms. The maximum absolute atomic E-state index is 12.9. The Kier molecular flexibility index (Phi) is 6.82. The molecule has 0 unspecified atom stereocenters. The number of halogens is 1. The monoisotopic (exact) mass is 471 g/mol. The number of benzene rings is 2. The lowest BCUT2D eigenvalue weighted by atomic mass is 10.1. The van der Waals surface area contributed by atoms with Gasteiger partial charge in [0.05, 0.1) is 17.9 Å². The zero-order chi connectivity index (χ0) is 21.0. The van der Waals surface area contributed by atoms with Gasteiger partial charge in [-0.2, -0.15) is 0 Å². The van der Waals surface area contributed by atoms with Crippen LogP contribution < -0.4 is 5.32 Å². The molecule has 0 aliphatic carbocycles. The number of nitrogens with zero attached hydrogens (tertiary/aromatic N) is 2. The normalized spacial score (nSPS) is 10.6. The number of hydrogen-bond acceptors (Lipinski definition) is 4. The predicted octanol–water partition coefficient (Wildman–Crippen LogP) is 5.15. The number of likely N-dealkylation sites (N-methyl/N-ethyl adjacent to an activating group) is 1. The molecule has 0 radical (unpaired) electrons. The molecule has 0 atom stereocenters. The van der Waals surface area contributed by atoms with Crippen LogP contribution in [0.1, 0.15) is 27.9 Å². The van der Waals surface area contributed by atoms with Crippen LogP contribution in [0.4, 0.5) is 5.69 Å². The van der Waals surface area contributed by atoms with E-state index in [2.05, 4.69) is 45.3 Å². The fourth-order valence-corrected chi connectivity index (χ4v) is 4.26. The standard InChI is InChI=1S/C22H22BrN3O2S/c1-4-15-9-11-16(12-10-15)21-24-14(2)20(29-21)22(28)26(3)13-19(27)25-18-8-6-5-7-17(18)23/h5-12H,4,13H2,1-3H3,(H,25,27). The zero-order valence-corrected chi connectivity index (χ0v) is 18.9. The number of anilines is 1. The Balaban J connectivity index is 1.70. The molecule has 0 bridgehead atoms. The first-order chi connectivity index (χ1) is 13.9. The molecule has 3 rings (SSSR count). The van der Waals surface area contributed by atoms with Crippen molar-refractivity contribution in [3.05, 3.63) is 69.1 Å². The fourth-order valence-electron chi connectivity index (χ4n) is 2.81. The summed E-state index contributed by atoms with van der Waals surface area (Å²) in [5.74, 6) is -0.469. The van der Waals surface area contributed by atoms with Crippen molar-refractivity contribution in [1.82, 2.24) is 9.88 Å². The van der Waals surface area contributed by atoms with Crippen LogP contribution in [-0.2, 0) is 11.2 Å².